The minimum absolute atomic E-state index is 0.257. The van der Waals surface area contributed by atoms with Gasteiger partial charge < -0.3 is 10.5 Å². The molecule has 1 amide bonds. The summed E-state index contributed by atoms with van der Waals surface area (Å²) in [5.41, 5.74) is 7.89. The molecule has 1 heterocycles. The fourth-order valence-corrected chi connectivity index (χ4v) is 2.57. The van der Waals surface area contributed by atoms with Crippen LogP contribution in [0.4, 0.5) is 0 Å². The van der Waals surface area contributed by atoms with Gasteiger partial charge in [-0.2, -0.15) is 0 Å². The Morgan fingerprint density at radius 2 is 2.15 bits per heavy atom. The van der Waals surface area contributed by atoms with Crippen molar-refractivity contribution in [2.75, 3.05) is 26.2 Å². The average Bonchev–Trinajstić information content (AvgIpc) is 2.90. The van der Waals surface area contributed by atoms with E-state index in [4.69, 9.17) is 10.5 Å². The Morgan fingerprint density at radius 1 is 1.40 bits per heavy atom. The first-order valence-electron chi connectivity index (χ1n) is 7.31. The Hall–Kier alpha value is -1.39. The predicted molar refractivity (Wildman–Crippen MR) is 79.5 cm³/mol. The molecular formula is C16H24N2O2. The number of rotatable bonds is 7. The summed E-state index contributed by atoms with van der Waals surface area (Å²) in [5.74, 6) is -0.271. The summed E-state index contributed by atoms with van der Waals surface area (Å²) in [5, 5.41) is 0. The minimum Gasteiger partial charge on any atom is -0.377 e. The zero-order valence-corrected chi connectivity index (χ0v) is 12.2. The Bertz CT molecular complexity index is 425. The van der Waals surface area contributed by atoms with E-state index in [-0.39, 0.29) is 12.0 Å². The van der Waals surface area contributed by atoms with Gasteiger partial charge in [0.25, 0.3) is 0 Å². The van der Waals surface area contributed by atoms with Crippen LogP contribution in [0.1, 0.15) is 24.0 Å². The second kappa shape index (κ2) is 7.41. The van der Waals surface area contributed by atoms with Gasteiger partial charge in [-0.25, -0.2) is 0 Å². The van der Waals surface area contributed by atoms with E-state index in [9.17, 15) is 4.79 Å². The third kappa shape index (κ3) is 4.94. The lowest BCUT2D eigenvalue weighted by Gasteiger charge is -2.23. The van der Waals surface area contributed by atoms with Crippen molar-refractivity contribution in [3.05, 3.63) is 35.4 Å². The van der Waals surface area contributed by atoms with Crippen LogP contribution in [0.2, 0.25) is 0 Å². The maximum Gasteiger partial charge on any atom is 0.231 e. The molecular weight excluding hydrogens is 252 g/mol. The van der Waals surface area contributed by atoms with Crippen LogP contribution in [0.15, 0.2) is 24.3 Å². The molecule has 0 bridgehead atoms. The van der Waals surface area contributed by atoms with Gasteiger partial charge in [-0.05, 0) is 31.7 Å². The van der Waals surface area contributed by atoms with Gasteiger partial charge in [0, 0.05) is 19.7 Å². The van der Waals surface area contributed by atoms with Crippen LogP contribution in [0.3, 0.4) is 0 Å². The van der Waals surface area contributed by atoms with E-state index in [1.165, 1.54) is 11.1 Å². The summed E-state index contributed by atoms with van der Waals surface area (Å²) in [4.78, 5) is 13.3. The molecule has 0 spiro atoms. The smallest absolute Gasteiger partial charge is 0.231 e. The van der Waals surface area contributed by atoms with Crippen LogP contribution in [-0.4, -0.2) is 43.2 Å². The molecule has 1 aromatic carbocycles. The number of hydrogen-bond acceptors (Lipinski definition) is 3. The first-order chi connectivity index (χ1) is 9.63. The number of nitrogens with zero attached hydrogens (tertiary/aromatic N) is 1. The summed E-state index contributed by atoms with van der Waals surface area (Å²) in [6, 6.07) is 8.52. The summed E-state index contributed by atoms with van der Waals surface area (Å²) in [6.45, 7) is 4.88. The first kappa shape index (κ1) is 15.0. The number of carbonyl (C=O) groups excluding carboxylic acids is 1. The second-order valence-corrected chi connectivity index (χ2v) is 5.57. The van der Waals surface area contributed by atoms with Crippen molar-refractivity contribution in [3.8, 4) is 0 Å². The van der Waals surface area contributed by atoms with Gasteiger partial charge >= 0.3 is 0 Å². The average molecular weight is 276 g/mol. The summed E-state index contributed by atoms with van der Waals surface area (Å²) in [7, 11) is 0. The monoisotopic (exact) mass is 276 g/mol. The van der Waals surface area contributed by atoms with E-state index < -0.39 is 0 Å². The molecule has 0 radical (unpaired) electrons. The van der Waals surface area contributed by atoms with E-state index >= 15 is 0 Å². The summed E-state index contributed by atoms with van der Waals surface area (Å²) in [6.07, 6.45) is 3.39. The van der Waals surface area contributed by atoms with E-state index in [0.29, 0.717) is 6.54 Å². The molecule has 4 nitrogen and oxygen atoms in total. The zero-order chi connectivity index (χ0) is 14.4. The standard InChI is InChI=1S/C16H24N2O2/c1-13-4-6-14(7-5-13)8-9-18(12-16(17)19)11-15-3-2-10-20-15/h4-7,15H,2-3,8-12H2,1H3,(H2,17,19). The van der Waals surface area contributed by atoms with E-state index in [0.717, 1.165) is 39.0 Å². The fraction of sp³-hybridized carbons (Fsp3) is 0.562. The zero-order valence-electron chi connectivity index (χ0n) is 12.2. The molecule has 1 atom stereocenters. The first-order valence-corrected chi connectivity index (χ1v) is 7.31. The number of carbonyl (C=O) groups is 1. The molecule has 4 heteroatoms. The molecule has 1 unspecified atom stereocenters. The number of primary amides is 1. The van der Waals surface area contributed by atoms with Gasteiger partial charge in [-0.3, -0.25) is 9.69 Å². The Balaban J connectivity index is 1.85. The molecule has 0 aliphatic carbocycles. The lowest BCUT2D eigenvalue weighted by atomic mass is 10.1. The van der Waals surface area contributed by atoms with Gasteiger partial charge in [-0.15, -0.1) is 0 Å². The van der Waals surface area contributed by atoms with Crippen LogP contribution < -0.4 is 5.73 Å². The maximum atomic E-state index is 11.2. The minimum atomic E-state index is -0.271. The molecule has 110 valence electrons. The quantitative estimate of drug-likeness (QED) is 0.821. The molecule has 1 fully saturated rings. The van der Waals surface area contributed by atoms with Crippen molar-refractivity contribution >= 4 is 5.91 Å². The number of aryl methyl sites for hydroxylation is 1. The molecule has 20 heavy (non-hydrogen) atoms. The highest BCUT2D eigenvalue weighted by Crippen LogP contribution is 2.14. The van der Waals surface area contributed by atoms with Gasteiger partial charge in [-0.1, -0.05) is 29.8 Å². The number of hydrogen-bond donors (Lipinski definition) is 1. The molecule has 2 N–H and O–H groups in total. The third-order valence-electron chi connectivity index (χ3n) is 3.70. The molecule has 0 aromatic heterocycles. The molecule has 1 aromatic rings. The molecule has 2 rings (SSSR count). The fourth-order valence-electron chi connectivity index (χ4n) is 2.57. The highest BCUT2D eigenvalue weighted by Gasteiger charge is 2.20. The van der Waals surface area contributed by atoms with Crippen LogP contribution in [-0.2, 0) is 16.0 Å². The van der Waals surface area contributed by atoms with Crippen molar-refractivity contribution in [2.45, 2.75) is 32.3 Å². The molecule has 0 saturated carbocycles. The summed E-state index contributed by atoms with van der Waals surface area (Å²) >= 11 is 0. The van der Waals surface area contributed by atoms with Crippen LogP contribution in [0.5, 0.6) is 0 Å². The molecule has 1 saturated heterocycles. The number of ether oxygens (including phenoxy) is 1. The van der Waals surface area contributed by atoms with Gasteiger partial charge in [0.2, 0.25) is 5.91 Å². The maximum absolute atomic E-state index is 11.2. The van der Waals surface area contributed by atoms with Crippen LogP contribution in [0.25, 0.3) is 0 Å². The normalized spacial score (nSPS) is 18.6. The largest absolute Gasteiger partial charge is 0.377 e. The number of nitrogens with two attached hydrogens (primary N) is 1. The number of benzene rings is 1. The lowest BCUT2D eigenvalue weighted by Crippen LogP contribution is -2.39. The number of amides is 1. The SMILES string of the molecule is Cc1ccc(CCN(CC(N)=O)CC2CCCO2)cc1. The summed E-state index contributed by atoms with van der Waals surface area (Å²) < 4.78 is 5.64. The van der Waals surface area contributed by atoms with E-state index in [2.05, 4.69) is 36.1 Å². The Labute approximate surface area is 120 Å². The Morgan fingerprint density at radius 3 is 2.75 bits per heavy atom. The predicted octanol–water partition coefficient (Wildman–Crippen LogP) is 1.50. The second-order valence-electron chi connectivity index (χ2n) is 5.57. The van der Waals surface area contributed by atoms with Gasteiger partial charge in [0.05, 0.1) is 12.6 Å². The van der Waals surface area contributed by atoms with E-state index in [1.54, 1.807) is 0 Å². The van der Waals surface area contributed by atoms with Crippen molar-refractivity contribution in [2.24, 2.45) is 5.73 Å². The van der Waals surface area contributed by atoms with Crippen molar-refractivity contribution in [1.82, 2.24) is 4.90 Å². The van der Waals surface area contributed by atoms with Crippen LogP contribution in [0, 0.1) is 6.92 Å². The topological polar surface area (TPSA) is 55.6 Å². The van der Waals surface area contributed by atoms with Gasteiger partial charge in [0.1, 0.15) is 0 Å². The van der Waals surface area contributed by atoms with E-state index in [1.807, 2.05) is 0 Å². The van der Waals surface area contributed by atoms with Crippen LogP contribution >= 0.6 is 0 Å². The highest BCUT2D eigenvalue weighted by atomic mass is 16.5. The van der Waals surface area contributed by atoms with Crippen molar-refractivity contribution in [3.63, 3.8) is 0 Å². The highest BCUT2D eigenvalue weighted by molar-refractivity contribution is 5.75. The Kier molecular flexibility index (Phi) is 5.56. The molecule has 1 aliphatic rings. The lowest BCUT2D eigenvalue weighted by molar-refractivity contribution is -0.119. The van der Waals surface area contributed by atoms with Crippen molar-refractivity contribution < 1.29 is 9.53 Å². The molecule has 1 aliphatic heterocycles. The van der Waals surface area contributed by atoms with Gasteiger partial charge in [0.15, 0.2) is 0 Å². The third-order valence-corrected chi connectivity index (χ3v) is 3.70. The van der Waals surface area contributed by atoms with Crippen molar-refractivity contribution in [1.29, 1.82) is 0 Å².